The lowest BCUT2D eigenvalue weighted by Crippen LogP contribution is -2.43. The van der Waals surface area contributed by atoms with Crippen molar-refractivity contribution in [3.8, 4) is 0 Å². The summed E-state index contributed by atoms with van der Waals surface area (Å²) in [5.41, 5.74) is -4.94. The summed E-state index contributed by atoms with van der Waals surface area (Å²) < 4.78 is 96.5. The van der Waals surface area contributed by atoms with Crippen molar-refractivity contribution in [1.29, 1.82) is 0 Å². The number of ketones is 1. The van der Waals surface area contributed by atoms with Gasteiger partial charge < -0.3 is 0 Å². The molecule has 2 unspecified atom stereocenters. The van der Waals surface area contributed by atoms with Crippen LogP contribution in [0.1, 0.15) is 55.0 Å². The largest absolute Gasteiger partial charge is 0.433 e. The molecule has 1 aromatic heterocycles. The Balaban J connectivity index is 2.05. The molecule has 0 spiro atoms. The quantitative estimate of drug-likeness (QED) is 0.561. The number of alkyl halides is 6. The zero-order chi connectivity index (χ0) is 22.9. The Morgan fingerprint density at radius 1 is 1.03 bits per heavy atom. The van der Waals surface area contributed by atoms with Gasteiger partial charge in [0.05, 0.1) is 11.5 Å². The smallest absolute Gasteiger partial charge is 0.299 e. The fourth-order valence-corrected chi connectivity index (χ4v) is 4.59. The van der Waals surface area contributed by atoms with Crippen molar-refractivity contribution in [3.63, 3.8) is 0 Å². The first kappa shape index (κ1) is 21.5. The van der Waals surface area contributed by atoms with Crippen LogP contribution in [0, 0.1) is 17.2 Å². The topological polar surface area (TPSA) is 58.1 Å². The van der Waals surface area contributed by atoms with Gasteiger partial charge in [0.15, 0.2) is 5.82 Å². The predicted octanol–water partition coefficient (Wildman–Crippen LogP) is 5.81. The molecular formula is C20H16F7N3O. The molecule has 11 heteroatoms. The number of rotatable bonds is 1. The highest BCUT2D eigenvalue weighted by Gasteiger charge is 2.52. The molecule has 4 rings (SSSR count). The minimum atomic E-state index is -5.19. The van der Waals surface area contributed by atoms with Crippen molar-refractivity contribution < 1.29 is 35.5 Å². The van der Waals surface area contributed by atoms with Gasteiger partial charge in [-0.3, -0.25) is 9.89 Å². The number of benzene rings is 1. The Kier molecular flexibility index (Phi) is 4.61. The minimum Gasteiger partial charge on any atom is -0.299 e. The van der Waals surface area contributed by atoms with Gasteiger partial charge in [-0.05, 0) is 23.5 Å². The van der Waals surface area contributed by atoms with Crippen LogP contribution in [-0.2, 0) is 17.1 Å². The lowest BCUT2D eigenvalue weighted by Gasteiger charge is -2.40. The van der Waals surface area contributed by atoms with Gasteiger partial charge >= 0.3 is 12.4 Å². The van der Waals surface area contributed by atoms with Crippen LogP contribution in [0.2, 0.25) is 0 Å². The number of halogens is 7. The van der Waals surface area contributed by atoms with Crippen LogP contribution in [-0.4, -0.2) is 21.7 Å². The zero-order valence-electron chi connectivity index (χ0n) is 16.2. The average Bonchev–Trinajstić information content (AvgIpc) is 3.01. The van der Waals surface area contributed by atoms with E-state index in [2.05, 4.69) is 10.1 Å². The molecule has 1 aromatic carbocycles. The zero-order valence-corrected chi connectivity index (χ0v) is 16.2. The maximum atomic E-state index is 14.3. The molecule has 0 radical (unpaired) electrons. The van der Waals surface area contributed by atoms with E-state index in [9.17, 15) is 35.5 Å². The summed E-state index contributed by atoms with van der Waals surface area (Å²) in [6.07, 6.45) is -10.0. The number of hydrogen-bond donors (Lipinski definition) is 1. The van der Waals surface area contributed by atoms with Gasteiger partial charge in [-0.25, -0.2) is 9.38 Å². The normalized spacial score (nSPS) is 23.3. The lowest BCUT2D eigenvalue weighted by atomic mass is 9.63. The number of carbonyl (C=O) groups is 1. The van der Waals surface area contributed by atoms with E-state index in [0.29, 0.717) is 6.07 Å². The maximum Gasteiger partial charge on any atom is 0.433 e. The minimum absolute atomic E-state index is 0.0572. The SMILES string of the molecule is CC1(C)CC(=O)C2C(=Nc3n[nH]c(C(F)(F)F)c3C2c2cccc(F)c2C(F)(F)F)C1. The van der Waals surface area contributed by atoms with Gasteiger partial charge in [-0.2, -0.15) is 31.4 Å². The van der Waals surface area contributed by atoms with Crippen molar-refractivity contribution in [1.82, 2.24) is 10.2 Å². The average molecular weight is 447 g/mol. The van der Waals surface area contributed by atoms with Crippen molar-refractivity contribution in [3.05, 3.63) is 46.4 Å². The summed E-state index contributed by atoms with van der Waals surface area (Å²) >= 11 is 0. The van der Waals surface area contributed by atoms with E-state index in [4.69, 9.17) is 0 Å². The van der Waals surface area contributed by atoms with Crippen molar-refractivity contribution in [2.75, 3.05) is 0 Å². The van der Waals surface area contributed by atoms with Gasteiger partial charge in [0.25, 0.3) is 0 Å². The summed E-state index contributed by atoms with van der Waals surface area (Å²) in [6, 6.07) is 2.47. The van der Waals surface area contributed by atoms with E-state index in [0.717, 1.165) is 12.1 Å². The third-order valence-corrected chi connectivity index (χ3v) is 5.64. The predicted molar refractivity (Wildman–Crippen MR) is 95.4 cm³/mol. The van der Waals surface area contributed by atoms with E-state index >= 15 is 0 Å². The van der Waals surface area contributed by atoms with Crippen LogP contribution in [0.15, 0.2) is 23.2 Å². The number of aromatic amines is 1. The second kappa shape index (κ2) is 6.64. The number of Topliss-reactive ketones (excluding diaryl/α,β-unsaturated/α-hetero) is 1. The molecule has 1 aliphatic heterocycles. The number of nitrogens with one attached hydrogen (secondary N) is 1. The molecule has 4 nitrogen and oxygen atoms in total. The third kappa shape index (κ3) is 3.53. The van der Waals surface area contributed by atoms with E-state index in [1.165, 1.54) is 0 Å². The fourth-order valence-electron chi connectivity index (χ4n) is 4.59. The van der Waals surface area contributed by atoms with Crippen molar-refractivity contribution in [2.45, 2.75) is 45.0 Å². The van der Waals surface area contributed by atoms with Gasteiger partial charge in [-0.1, -0.05) is 26.0 Å². The Labute approximate surface area is 171 Å². The molecule has 2 aliphatic rings. The monoisotopic (exact) mass is 447 g/mol. The van der Waals surface area contributed by atoms with Gasteiger partial charge in [0, 0.05) is 23.6 Å². The number of H-pyrrole nitrogens is 1. The van der Waals surface area contributed by atoms with Crippen molar-refractivity contribution in [2.24, 2.45) is 16.3 Å². The van der Waals surface area contributed by atoms with Crippen LogP contribution in [0.5, 0.6) is 0 Å². The van der Waals surface area contributed by atoms with E-state index in [1.807, 2.05) is 0 Å². The third-order valence-electron chi connectivity index (χ3n) is 5.64. The number of hydrogen-bond acceptors (Lipinski definition) is 3. The van der Waals surface area contributed by atoms with E-state index < -0.39 is 69.4 Å². The van der Waals surface area contributed by atoms with E-state index in [1.54, 1.807) is 18.9 Å². The molecular weight excluding hydrogens is 431 g/mol. The molecule has 1 N–H and O–H groups in total. The highest BCUT2D eigenvalue weighted by molar-refractivity contribution is 6.11. The second-order valence-electron chi connectivity index (χ2n) is 8.58. The summed E-state index contributed by atoms with van der Waals surface area (Å²) in [6.45, 7) is 3.51. The molecule has 1 saturated carbocycles. The second-order valence-corrected chi connectivity index (χ2v) is 8.58. The molecule has 1 fully saturated rings. The molecule has 0 bridgehead atoms. The molecule has 0 saturated heterocycles. The molecule has 2 aromatic rings. The number of fused-ring (bicyclic) bond motifs is 2. The van der Waals surface area contributed by atoms with Crippen molar-refractivity contribution >= 4 is 17.3 Å². The van der Waals surface area contributed by atoms with Crippen LogP contribution < -0.4 is 0 Å². The maximum absolute atomic E-state index is 14.3. The van der Waals surface area contributed by atoms with Gasteiger partial charge in [0.1, 0.15) is 17.3 Å². The lowest BCUT2D eigenvalue weighted by molar-refractivity contribution is -0.142. The molecule has 0 amide bonds. The molecule has 166 valence electrons. The van der Waals surface area contributed by atoms with Crippen LogP contribution >= 0.6 is 0 Å². The number of aromatic nitrogens is 2. The van der Waals surface area contributed by atoms with Gasteiger partial charge in [-0.15, -0.1) is 0 Å². The van der Waals surface area contributed by atoms with Crippen LogP contribution in [0.4, 0.5) is 36.6 Å². The van der Waals surface area contributed by atoms with Crippen LogP contribution in [0.25, 0.3) is 0 Å². The number of nitrogens with zero attached hydrogens (tertiary/aromatic N) is 2. The number of carbonyl (C=O) groups excluding carboxylic acids is 1. The molecule has 1 aliphatic carbocycles. The molecule has 31 heavy (non-hydrogen) atoms. The summed E-state index contributed by atoms with van der Waals surface area (Å²) in [5.74, 6) is -5.71. The molecule has 2 atom stereocenters. The Hall–Kier alpha value is -2.72. The summed E-state index contributed by atoms with van der Waals surface area (Å²) in [4.78, 5) is 17.1. The Morgan fingerprint density at radius 2 is 1.71 bits per heavy atom. The van der Waals surface area contributed by atoms with E-state index in [-0.39, 0.29) is 18.6 Å². The highest BCUT2D eigenvalue weighted by Crippen LogP contribution is 2.53. The first-order valence-corrected chi connectivity index (χ1v) is 9.32. The fraction of sp³-hybridized carbons (Fsp3) is 0.450. The first-order chi connectivity index (χ1) is 14.2. The number of aliphatic imine (C=N–C) groups is 1. The standard InChI is InChI=1S/C20H16F7N3O/c1-18(2)6-10-13(11(31)7-18)12(8-4-3-5-9(21)15(8)19(22,23)24)14-16(20(25,26)27)29-30-17(14)28-10/h3-5,12-13H,6-7H2,1-2H3,(H,29,30). The van der Waals surface area contributed by atoms with Crippen LogP contribution in [0.3, 0.4) is 0 Å². The Morgan fingerprint density at radius 3 is 2.32 bits per heavy atom. The van der Waals surface area contributed by atoms with Gasteiger partial charge in [0.2, 0.25) is 0 Å². The summed E-state index contributed by atoms with van der Waals surface area (Å²) in [5, 5.41) is 5.36. The Bertz CT molecular complexity index is 1100. The summed E-state index contributed by atoms with van der Waals surface area (Å²) in [7, 11) is 0. The first-order valence-electron chi connectivity index (χ1n) is 9.32. The highest BCUT2D eigenvalue weighted by atomic mass is 19.4. The molecule has 2 heterocycles.